The van der Waals surface area contributed by atoms with Gasteiger partial charge in [0.2, 0.25) is 5.91 Å². The van der Waals surface area contributed by atoms with E-state index >= 15 is 0 Å². The largest absolute Gasteiger partial charge is 0.573 e. The maximum Gasteiger partial charge on any atom is 0.573 e. The first-order valence-corrected chi connectivity index (χ1v) is 7.41. The third-order valence-corrected chi connectivity index (χ3v) is 3.16. The van der Waals surface area contributed by atoms with Crippen molar-refractivity contribution in [3.63, 3.8) is 0 Å². The van der Waals surface area contributed by atoms with Gasteiger partial charge in [0.15, 0.2) is 0 Å². The first-order chi connectivity index (χ1) is 12.3. The molecule has 0 bridgehead atoms. The summed E-state index contributed by atoms with van der Waals surface area (Å²) in [5.41, 5.74) is 0.771. The van der Waals surface area contributed by atoms with Crippen LogP contribution in [0, 0.1) is 0 Å². The maximum absolute atomic E-state index is 12.2. The number of anilines is 2. The van der Waals surface area contributed by atoms with Crippen LogP contribution in [0.4, 0.5) is 24.5 Å². The van der Waals surface area contributed by atoms with Crippen LogP contribution in [0.15, 0.2) is 42.5 Å². The van der Waals surface area contributed by atoms with Gasteiger partial charge in [0, 0.05) is 35.6 Å². The van der Waals surface area contributed by atoms with E-state index in [1.807, 2.05) is 0 Å². The predicted molar refractivity (Wildman–Crippen MR) is 89.8 cm³/mol. The van der Waals surface area contributed by atoms with Crippen LogP contribution in [-0.4, -0.2) is 33.0 Å². The Morgan fingerprint density at radius 3 is 2.15 bits per heavy atom. The molecule has 0 radical (unpaired) electrons. The van der Waals surface area contributed by atoms with Crippen LogP contribution in [0.3, 0.4) is 0 Å². The summed E-state index contributed by atoms with van der Waals surface area (Å²) in [6.45, 7) is -0.158. The Bertz CT molecular complexity index is 744. The molecular weight excluding hydrogens is 353 g/mol. The minimum Gasteiger partial charge on any atom is -0.497 e. The highest BCUT2D eigenvalue weighted by Gasteiger charge is 2.31. The molecule has 0 aliphatic heterocycles. The number of ether oxygens (including phenoxy) is 3. The molecule has 2 aromatic rings. The van der Waals surface area contributed by atoms with E-state index in [4.69, 9.17) is 9.47 Å². The van der Waals surface area contributed by atoms with Crippen LogP contribution in [0.1, 0.15) is 0 Å². The van der Waals surface area contributed by atoms with Gasteiger partial charge in [-0.15, -0.1) is 13.2 Å². The van der Waals surface area contributed by atoms with E-state index in [1.165, 1.54) is 32.4 Å². The molecule has 140 valence electrons. The van der Waals surface area contributed by atoms with Crippen molar-refractivity contribution in [3.8, 4) is 17.2 Å². The predicted octanol–water partition coefficient (Wildman–Crippen LogP) is 3.65. The Morgan fingerprint density at radius 1 is 0.962 bits per heavy atom. The van der Waals surface area contributed by atoms with Crippen molar-refractivity contribution in [1.82, 2.24) is 0 Å². The number of methoxy groups -OCH3 is 2. The van der Waals surface area contributed by atoms with Crippen molar-refractivity contribution in [2.75, 3.05) is 31.4 Å². The average molecular weight is 370 g/mol. The van der Waals surface area contributed by atoms with Crippen molar-refractivity contribution < 1.29 is 32.2 Å². The van der Waals surface area contributed by atoms with Gasteiger partial charge in [0.25, 0.3) is 0 Å². The molecule has 2 N–H and O–H groups in total. The molecule has 0 aromatic heterocycles. The lowest BCUT2D eigenvalue weighted by Gasteiger charge is -2.12. The number of amides is 1. The molecule has 6 nitrogen and oxygen atoms in total. The van der Waals surface area contributed by atoms with E-state index < -0.39 is 12.3 Å². The Balaban J connectivity index is 1.96. The van der Waals surface area contributed by atoms with Crippen molar-refractivity contribution >= 4 is 17.3 Å². The fourth-order valence-corrected chi connectivity index (χ4v) is 2.07. The highest BCUT2D eigenvalue weighted by atomic mass is 19.4. The number of benzene rings is 2. The molecule has 0 fully saturated rings. The summed E-state index contributed by atoms with van der Waals surface area (Å²) in [7, 11) is 2.97. The van der Waals surface area contributed by atoms with Gasteiger partial charge in [-0.05, 0) is 12.1 Å². The molecule has 0 aliphatic rings. The highest BCUT2D eigenvalue weighted by molar-refractivity contribution is 5.94. The first-order valence-electron chi connectivity index (χ1n) is 7.41. The molecule has 0 heterocycles. The fourth-order valence-electron chi connectivity index (χ4n) is 2.07. The van der Waals surface area contributed by atoms with Crippen molar-refractivity contribution in [2.45, 2.75) is 6.36 Å². The van der Waals surface area contributed by atoms with Crippen molar-refractivity contribution in [2.24, 2.45) is 0 Å². The number of nitrogens with one attached hydrogen (secondary N) is 2. The summed E-state index contributed by atoms with van der Waals surface area (Å²) in [6.07, 6.45) is -4.78. The van der Waals surface area contributed by atoms with E-state index in [0.717, 1.165) is 6.07 Å². The quantitative estimate of drug-likeness (QED) is 0.779. The first kappa shape index (κ1) is 19.2. The van der Waals surface area contributed by atoms with Crippen LogP contribution in [0.2, 0.25) is 0 Å². The lowest BCUT2D eigenvalue weighted by molar-refractivity contribution is -0.274. The van der Waals surface area contributed by atoms with Crippen molar-refractivity contribution in [3.05, 3.63) is 42.5 Å². The molecule has 1 amide bonds. The van der Waals surface area contributed by atoms with E-state index in [9.17, 15) is 18.0 Å². The number of halogens is 3. The minimum absolute atomic E-state index is 0.158. The zero-order valence-corrected chi connectivity index (χ0v) is 14.0. The Morgan fingerprint density at radius 2 is 1.58 bits per heavy atom. The monoisotopic (exact) mass is 370 g/mol. The number of carbonyl (C=O) groups is 1. The summed E-state index contributed by atoms with van der Waals surface area (Å²) in [5, 5.41) is 5.37. The van der Waals surface area contributed by atoms with E-state index in [0.29, 0.717) is 22.9 Å². The number of hydrogen-bond donors (Lipinski definition) is 2. The van der Waals surface area contributed by atoms with Gasteiger partial charge in [0.05, 0.1) is 20.8 Å². The number of rotatable bonds is 7. The molecule has 9 heteroatoms. The lowest BCUT2D eigenvalue weighted by atomic mass is 10.2. The Labute approximate surface area is 147 Å². The van der Waals surface area contributed by atoms with Gasteiger partial charge in [-0.25, -0.2) is 0 Å². The topological polar surface area (TPSA) is 68.8 Å². The average Bonchev–Trinajstić information content (AvgIpc) is 2.58. The van der Waals surface area contributed by atoms with Gasteiger partial charge >= 0.3 is 6.36 Å². The molecular formula is C17H17F3N2O4. The van der Waals surface area contributed by atoms with Crippen molar-refractivity contribution in [1.29, 1.82) is 0 Å². The van der Waals surface area contributed by atoms with Crippen LogP contribution in [0.5, 0.6) is 17.2 Å². The standard InChI is InChI=1S/C17H17F3N2O4/c1-24-14-7-12(8-15(9-14)25-2)22-16(23)10-21-11-4-3-5-13(6-11)26-17(18,19)20/h3-9,21H,10H2,1-2H3,(H,22,23). The van der Waals surface area contributed by atoms with E-state index in [1.54, 1.807) is 18.2 Å². The molecule has 26 heavy (non-hydrogen) atoms. The Hall–Kier alpha value is -3.10. The number of alkyl halides is 3. The molecule has 0 unspecified atom stereocenters. The third-order valence-electron chi connectivity index (χ3n) is 3.16. The van der Waals surface area contributed by atoms with Crippen LogP contribution in [0.25, 0.3) is 0 Å². The van der Waals surface area contributed by atoms with E-state index in [-0.39, 0.29) is 12.3 Å². The summed E-state index contributed by atoms with van der Waals surface area (Å²) in [6, 6.07) is 10.1. The molecule has 0 saturated heterocycles. The molecule has 0 aliphatic carbocycles. The maximum atomic E-state index is 12.2. The van der Waals surface area contributed by atoms with Gasteiger partial charge in [-0.3, -0.25) is 4.79 Å². The molecule has 0 saturated carbocycles. The second-order valence-electron chi connectivity index (χ2n) is 5.08. The van der Waals surface area contributed by atoms with Crippen LogP contribution >= 0.6 is 0 Å². The zero-order chi connectivity index (χ0) is 19.2. The summed E-state index contributed by atoms with van der Waals surface area (Å²) in [5.74, 6) is 0.233. The normalized spacial score (nSPS) is 10.8. The third kappa shape index (κ3) is 6.08. The zero-order valence-electron chi connectivity index (χ0n) is 14.0. The van der Waals surface area contributed by atoms with Crippen LogP contribution < -0.4 is 24.8 Å². The summed E-state index contributed by atoms with van der Waals surface area (Å²) in [4.78, 5) is 12.0. The Kier molecular flexibility index (Phi) is 6.16. The molecule has 0 atom stereocenters. The summed E-state index contributed by atoms with van der Waals surface area (Å²) < 4.78 is 50.7. The molecule has 2 rings (SSSR count). The smallest absolute Gasteiger partial charge is 0.497 e. The highest BCUT2D eigenvalue weighted by Crippen LogP contribution is 2.26. The van der Waals surface area contributed by atoms with Gasteiger partial charge < -0.3 is 24.8 Å². The number of carbonyl (C=O) groups excluding carboxylic acids is 1. The minimum atomic E-state index is -4.78. The summed E-state index contributed by atoms with van der Waals surface area (Å²) >= 11 is 0. The number of hydrogen-bond acceptors (Lipinski definition) is 5. The fraction of sp³-hybridized carbons (Fsp3) is 0.235. The van der Waals surface area contributed by atoms with E-state index in [2.05, 4.69) is 15.4 Å². The van der Waals surface area contributed by atoms with Gasteiger partial charge in [-0.1, -0.05) is 6.07 Å². The van der Waals surface area contributed by atoms with Gasteiger partial charge in [0.1, 0.15) is 17.2 Å². The van der Waals surface area contributed by atoms with Crippen LogP contribution in [-0.2, 0) is 4.79 Å². The molecule has 2 aromatic carbocycles. The second-order valence-corrected chi connectivity index (χ2v) is 5.08. The van der Waals surface area contributed by atoms with Gasteiger partial charge in [-0.2, -0.15) is 0 Å². The SMILES string of the molecule is COc1cc(NC(=O)CNc2cccc(OC(F)(F)F)c2)cc(OC)c1. The second kappa shape index (κ2) is 8.32. The molecule has 0 spiro atoms. The lowest BCUT2D eigenvalue weighted by Crippen LogP contribution is -2.22.